The standard InChI is InChI=1S/C16H11F4N3O3/c17-10-5-6-12(11(18)7-10)21-14(24)8-1-3-9(4-2-8)15(25)22-23-16(26)13(19)20/h1-7,13H,(H,21,24)(H,22,25)(H,23,26). The third kappa shape index (κ3) is 4.79. The van der Waals surface area contributed by atoms with Crippen LogP contribution in [0.5, 0.6) is 0 Å². The summed E-state index contributed by atoms with van der Waals surface area (Å²) in [6, 6.07) is 7.47. The van der Waals surface area contributed by atoms with Crippen LogP contribution >= 0.6 is 0 Å². The molecular formula is C16H11F4N3O3. The van der Waals surface area contributed by atoms with Crippen molar-refractivity contribution in [2.75, 3.05) is 5.32 Å². The van der Waals surface area contributed by atoms with Crippen LogP contribution in [-0.4, -0.2) is 24.1 Å². The molecule has 3 amide bonds. The van der Waals surface area contributed by atoms with Crippen LogP contribution in [0, 0.1) is 11.6 Å². The van der Waals surface area contributed by atoms with E-state index in [0.29, 0.717) is 6.07 Å². The molecule has 0 saturated carbocycles. The summed E-state index contributed by atoms with van der Waals surface area (Å²) >= 11 is 0. The van der Waals surface area contributed by atoms with Crippen molar-refractivity contribution >= 4 is 23.4 Å². The van der Waals surface area contributed by atoms with E-state index in [1.54, 1.807) is 5.43 Å². The van der Waals surface area contributed by atoms with Crippen LogP contribution in [0.4, 0.5) is 23.2 Å². The van der Waals surface area contributed by atoms with Crippen molar-refractivity contribution in [3.63, 3.8) is 0 Å². The van der Waals surface area contributed by atoms with Gasteiger partial charge in [0.2, 0.25) is 0 Å². The number of nitrogens with one attached hydrogen (secondary N) is 3. The highest BCUT2D eigenvalue weighted by Crippen LogP contribution is 2.16. The molecule has 2 rings (SSSR count). The Hall–Kier alpha value is -3.43. The topological polar surface area (TPSA) is 87.3 Å². The summed E-state index contributed by atoms with van der Waals surface area (Å²) in [7, 11) is 0. The maximum atomic E-state index is 13.5. The molecule has 0 aliphatic rings. The van der Waals surface area contributed by atoms with Gasteiger partial charge < -0.3 is 5.32 Å². The van der Waals surface area contributed by atoms with Gasteiger partial charge in [-0.05, 0) is 36.4 Å². The average Bonchev–Trinajstić information content (AvgIpc) is 2.61. The monoisotopic (exact) mass is 369 g/mol. The van der Waals surface area contributed by atoms with Gasteiger partial charge in [0.1, 0.15) is 11.6 Å². The van der Waals surface area contributed by atoms with Crippen molar-refractivity contribution < 1.29 is 31.9 Å². The lowest BCUT2D eigenvalue weighted by molar-refractivity contribution is -0.132. The number of amides is 3. The first-order valence-electron chi connectivity index (χ1n) is 7.02. The fourth-order valence-electron chi connectivity index (χ4n) is 1.80. The molecule has 10 heteroatoms. The highest BCUT2D eigenvalue weighted by molar-refractivity contribution is 6.05. The molecule has 3 N–H and O–H groups in total. The second-order valence-electron chi connectivity index (χ2n) is 4.90. The lowest BCUT2D eigenvalue weighted by Gasteiger charge is -2.08. The molecule has 0 bridgehead atoms. The Morgan fingerprint density at radius 3 is 1.92 bits per heavy atom. The first kappa shape index (κ1) is 18.9. The minimum absolute atomic E-state index is 0.0240. The molecule has 136 valence electrons. The normalized spacial score (nSPS) is 10.3. The minimum atomic E-state index is -3.28. The first-order valence-corrected chi connectivity index (χ1v) is 7.02. The molecule has 0 unspecified atom stereocenters. The smallest absolute Gasteiger partial charge is 0.317 e. The zero-order chi connectivity index (χ0) is 19.3. The van der Waals surface area contributed by atoms with Gasteiger partial charge in [-0.3, -0.25) is 25.2 Å². The van der Waals surface area contributed by atoms with Gasteiger partial charge in [-0.1, -0.05) is 0 Å². The van der Waals surface area contributed by atoms with Crippen LogP contribution in [-0.2, 0) is 4.79 Å². The van der Waals surface area contributed by atoms with Crippen molar-refractivity contribution in [3.8, 4) is 0 Å². The minimum Gasteiger partial charge on any atom is -0.319 e. The zero-order valence-corrected chi connectivity index (χ0v) is 12.9. The number of hydrogen-bond acceptors (Lipinski definition) is 3. The van der Waals surface area contributed by atoms with E-state index in [-0.39, 0.29) is 16.8 Å². The number of anilines is 1. The maximum absolute atomic E-state index is 13.5. The van der Waals surface area contributed by atoms with Crippen molar-refractivity contribution in [2.45, 2.75) is 6.43 Å². The lowest BCUT2D eigenvalue weighted by atomic mass is 10.1. The van der Waals surface area contributed by atoms with E-state index in [1.807, 2.05) is 0 Å². The van der Waals surface area contributed by atoms with Crippen molar-refractivity contribution in [1.29, 1.82) is 0 Å². The molecule has 2 aromatic rings. The Kier molecular flexibility index (Phi) is 5.89. The number of carbonyl (C=O) groups excluding carboxylic acids is 3. The van der Waals surface area contributed by atoms with Crippen molar-refractivity contribution in [2.24, 2.45) is 0 Å². The van der Waals surface area contributed by atoms with Crippen molar-refractivity contribution in [1.82, 2.24) is 10.9 Å². The molecule has 0 aromatic heterocycles. The molecule has 0 aliphatic heterocycles. The van der Waals surface area contributed by atoms with Gasteiger partial charge in [0.05, 0.1) is 5.69 Å². The van der Waals surface area contributed by atoms with E-state index in [9.17, 15) is 31.9 Å². The van der Waals surface area contributed by atoms with E-state index in [2.05, 4.69) is 5.32 Å². The molecular weight excluding hydrogens is 358 g/mol. The van der Waals surface area contributed by atoms with Crippen LogP contribution in [0.2, 0.25) is 0 Å². The Morgan fingerprint density at radius 1 is 0.808 bits per heavy atom. The second kappa shape index (κ2) is 8.10. The predicted octanol–water partition coefficient (Wildman–Crippen LogP) is 2.24. The third-order valence-corrected chi connectivity index (χ3v) is 3.09. The van der Waals surface area contributed by atoms with Gasteiger partial charge in [0, 0.05) is 17.2 Å². The summed E-state index contributed by atoms with van der Waals surface area (Å²) in [4.78, 5) is 34.3. The van der Waals surface area contributed by atoms with E-state index < -0.39 is 35.8 Å². The summed E-state index contributed by atoms with van der Waals surface area (Å²) in [5.41, 5.74) is 3.10. The van der Waals surface area contributed by atoms with Gasteiger partial charge in [-0.25, -0.2) is 8.78 Å². The fourth-order valence-corrected chi connectivity index (χ4v) is 1.80. The lowest BCUT2D eigenvalue weighted by Crippen LogP contribution is -2.44. The Bertz CT molecular complexity index is 841. The van der Waals surface area contributed by atoms with E-state index >= 15 is 0 Å². The number of hydrogen-bond donors (Lipinski definition) is 3. The third-order valence-electron chi connectivity index (χ3n) is 3.09. The quantitative estimate of drug-likeness (QED) is 0.571. The van der Waals surface area contributed by atoms with Crippen LogP contribution in [0.15, 0.2) is 42.5 Å². The highest BCUT2D eigenvalue weighted by atomic mass is 19.3. The molecule has 0 atom stereocenters. The summed E-state index contributed by atoms with van der Waals surface area (Å²) in [6.45, 7) is 0. The van der Waals surface area contributed by atoms with E-state index in [4.69, 9.17) is 0 Å². The average molecular weight is 369 g/mol. The second-order valence-corrected chi connectivity index (χ2v) is 4.90. The number of hydrazine groups is 1. The number of carbonyl (C=O) groups is 3. The molecule has 0 aliphatic carbocycles. The number of rotatable bonds is 4. The van der Waals surface area contributed by atoms with Crippen molar-refractivity contribution in [3.05, 3.63) is 65.2 Å². The first-order chi connectivity index (χ1) is 12.3. The van der Waals surface area contributed by atoms with Crippen LogP contribution in [0.3, 0.4) is 0 Å². The molecule has 2 aromatic carbocycles. The van der Waals surface area contributed by atoms with Crippen LogP contribution < -0.4 is 16.2 Å². The molecule has 0 radical (unpaired) electrons. The summed E-state index contributed by atoms with van der Waals surface area (Å²) in [5, 5.41) is 2.23. The summed E-state index contributed by atoms with van der Waals surface area (Å²) < 4.78 is 50.3. The Morgan fingerprint density at radius 2 is 1.38 bits per heavy atom. The molecule has 0 saturated heterocycles. The summed E-state index contributed by atoms with van der Waals surface area (Å²) in [5.74, 6) is -5.02. The molecule has 0 spiro atoms. The SMILES string of the molecule is O=C(NNC(=O)C(F)F)c1ccc(C(=O)Nc2ccc(F)cc2F)cc1. The van der Waals surface area contributed by atoms with Crippen LogP contribution in [0.1, 0.15) is 20.7 Å². The zero-order valence-electron chi connectivity index (χ0n) is 12.9. The molecule has 26 heavy (non-hydrogen) atoms. The Labute approximate surface area is 144 Å². The number of alkyl halides is 2. The van der Waals surface area contributed by atoms with Gasteiger partial charge in [-0.15, -0.1) is 0 Å². The maximum Gasteiger partial charge on any atom is 0.317 e. The van der Waals surface area contributed by atoms with E-state index in [1.165, 1.54) is 29.7 Å². The van der Waals surface area contributed by atoms with Gasteiger partial charge >= 0.3 is 12.3 Å². The van der Waals surface area contributed by atoms with Crippen LogP contribution in [0.25, 0.3) is 0 Å². The predicted molar refractivity (Wildman–Crippen MR) is 82.4 cm³/mol. The molecule has 6 nitrogen and oxygen atoms in total. The molecule has 0 fully saturated rings. The highest BCUT2D eigenvalue weighted by Gasteiger charge is 2.16. The number of benzene rings is 2. The molecule has 0 heterocycles. The van der Waals surface area contributed by atoms with Gasteiger partial charge in [-0.2, -0.15) is 8.78 Å². The fraction of sp³-hybridized carbons (Fsp3) is 0.0625. The largest absolute Gasteiger partial charge is 0.319 e. The van der Waals surface area contributed by atoms with E-state index in [0.717, 1.165) is 12.1 Å². The van der Waals surface area contributed by atoms with Gasteiger partial charge in [0.15, 0.2) is 0 Å². The Balaban J connectivity index is 2.00. The van der Waals surface area contributed by atoms with Gasteiger partial charge in [0.25, 0.3) is 11.8 Å². The number of halogens is 4. The summed E-state index contributed by atoms with van der Waals surface area (Å²) in [6.07, 6.45) is -3.28.